The van der Waals surface area contributed by atoms with Crippen molar-refractivity contribution in [3.63, 3.8) is 0 Å². The van der Waals surface area contributed by atoms with Crippen LogP contribution in [-0.2, 0) is 4.79 Å². The standard InChI is InChI=1S/C16H18N6O/c1-11-9-14(18-8-4-5-12-10-19-22-16(12)23)21-15(20-11)13-6-2-3-7-17-13/h2-3,6-7,9-10,12H,4-5,8H2,1H3,(H,22,23)(H,18,20,21). The Morgan fingerprint density at radius 1 is 1.30 bits per heavy atom. The molecule has 0 spiro atoms. The molecule has 7 nitrogen and oxygen atoms in total. The van der Waals surface area contributed by atoms with Crippen molar-refractivity contribution < 1.29 is 4.79 Å². The number of rotatable bonds is 6. The molecule has 1 atom stereocenters. The highest BCUT2D eigenvalue weighted by molar-refractivity contribution is 5.97. The maximum Gasteiger partial charge on any atom is 0.248 e. The van der Waals surface area contributed by atoms with E-state index in [0.717, 1.165) is 36.6 Å². The number of carbonyl (C=O) groups excluding carboxylic acids is 1. The highest BCUT2D eigenvalue weighted by atomic mass is 16.2. The van der Waals surface area contributed by atoms with Gasteiger partial charge >= 0.3 is 0 Å². The zero-order valence-corrected chi connectivity index (χ0v) is 12.9. The number of carbonyl (C=O) groups is 1. The molecule has 1 aliphatic heterocycles. The van der Waals surface area contributed by atoms with E-state index in [0.29, 0.717) is 5.82 Å². The molecule has 0 aromatic carbocycles. The Hall–Kier alpha value is -2.83. The molecule has 0 saturated heterocycles. The van der Waals surface area contributed by atoms with Crippen LogP contribution in [0, 0.1) is 12.8 Å². The lowest BCUT2D eigenvalue weighted by Gasteiger charge is -2.09. The molecule has 2 N–H and O–H groups in total. The SMILES string of the molecule is Cc1cc(NCCCC2C=NNC2=O)nc(-c2ccccn2)n1. The summed E-state index contributed by atoms with van der Waals surface area (Å²) in [5.74, 6) is 1.23. The van der Waals surface area contributed by atoms with E-state index in [2.05, 4.69) is 30.8 Å². The number of hydrazone groups is 1. The van der Waals surface area contributed by atoms with Gasteiger partial charge in [-0.3, -0.25) is 9.78 Å². The highest BCUT2D eigenvalue weighted by Gasteiger charge is 2.19. The second-order valence-electron chi connectivity index (χ2n) is 5.36. The fraction of sp³-hybridized carbons (Fsp3) is 0.312. The molecule has 7 heteroatoms. The van der Waals surface area contributed by atoms with E-state index in [1.165, 1.54) is 0 Å². The van der Waals surface area contributed by atoms with Crippen LogP contribution in [0.2, 0.25) is 0 Å². The quantitative estimate of drug-likeness (QED) is 0.793. The average molecular weight is 310 g/mol. The second-order valence-corrected chi connectivity index (χ2v) is 5.36. The first-order valence-electron chi connectivity index (χ1n) is 7.56. The molecule has 0 radical (unpaired) electrons. The molecule has 2 aromatic rings. The molecule has 3 rings (SSSR count). The predicted octanol–water partition coefficient (Wildman–Crippen LogP) is 1.77. The maximum atomic E-state index is 11.4. The predicted molar refractivity (Wildman–Crippen MR) is 87.8 cm³/mol. The number of pyridine rings is 1. The third kappa shape index (κ3) is 3.88. The van der Waals surface area contributed by atoms with Crippen molar-refractivity contribution in [2.75, 3.05) is 11.9 Å². The van der Waals surface area contributed by atoms with E-state index in [-0.39, 0.29) is 11.8 Å². The Morgan fingerprint density at radius 3 is 2.96 bits per heavy atom. The molecule has 2 aromatic heterocycles. The summed E-state index contributed by atoms with van der Waals surface area (Å²) in [4.78, 5) is 24.6. The van der Waals surface area contributed by atoms with Gasteiger partial charge in [-0.05, 0) is 31.9 Å². The van der Waals surface area contributed by atoms with Crippen LogP contribution in [0.15, 0.2) is 35.6 Å². The lowest BCUT2D eigenvalue weighted by Crippen LogP contribution is -2.20. The van der Waals surface area contributed by atoms with E-state index < -0.39 is 0 Å². The van der Waals surface area contributed by atoms with Crippen LogP contribution >= 0.6 is 0 Å². The summed E-state index contributed by atoms with van der Waals surface area (Å²) in [7, 11) is 0. The smallest absolute Gasteiger partial charge is 0.248 e. The molecule has 0 saturated carbocycles. The Bertz CT molecular complexity index is 716. The van der Waals surface area contributed by atoms with Crippen LogP contribution in [0.3, 0.4) is 0 Å². The number of hydrogen-bond acceptors (Lipinski definition) is 6. The largest absolute Gasteiger partial charge is 0.370 e. The number of aryl methyl sites for hydroxylation is 1. The summed E-state index contributed by atoms with van der Waals surface area (Å²) in [6.07, 6.45) is 5.00. The van der Waals surface area contributed by atoms with Crippen LogP contribution in [0.5, 0.6) is 0 Å². The molecular weight excluding hydrogens is 292 g/mol. The van der Waals surface area contributed by atoms with Crippen LogP contribution in [0.4, 0.5) is 5.82 Å². The lowest BCUT2D eigenvalue weighted by atomic mass is 10.1. The Kier molecular flexibility index (Phi) is 4.56. The van der Waals surface area contributed by atoms with Gasteiger partial charge in [0.1, 0.15) is 11.5 Å². The zero-order valence-electron chi connectivity index (χ0n) is 12.9. The summed E-state index contributed by atoms with van der Waals surface area (Å²) >= 11 is 0. The number of nitrogens with one attached hydrogen (secondary N) is 2. The summed E-state index contributed by atoms with van der Waals surface area (Å²) in [6, 6.07) is 7.56. The van der Waals surface area contributed by atoms with E-state index in [4.69, 9.17) is 0 Å². The molecule has 1 unspecified atom stereocenters. The fourth-order valence-corrected chi connectivity index (χ4v) is 2.35. The first-order chi connectivity index (χ1) is 11.2. The highest BCUT2D eigenvalue weighted by Crippen LogP contribution is 2.15. The van der Waals surface area contributed by atoms with Crippen molar-refractivity contribution in [1.29, 1.82) is 0 Å². The maximum absolute atomic E-state index is 11.4. The number of hydrogen-bond donors (Lipinski definition) is 2. The van der Waals surface area contributed by atoms with Crippen molar-refractivity contribution in [3.05, 3.63) is 36.2 Å². The number of anilines is 1. The van der Waals surface area contributed by atoms with Gasteiger partial charge in [0.15, 0.2) is 5.82 Å². The normalized spacial score (nSPS) is 16.4. The third-order valence-corrected chi connectivity index (χ3v) is 3.51. The van der Waals surface area contributed by atoms with E-state index in [1.807, 2.05) is 31.2 Å². The van der Waals surface area contributed by atoms with Crippen LogP contribution in [-0.4, -0.2) is 33.6 Å². The topological polar surface area (TPSA) is 92.2 Å². The molecule has 0 fully saturated rings. The third-order valence-electron chi connectivity index (χ3n) is 3.51. The van der Waals surface area contributed by atoms with Gasteiger partial charge in [-0.1, -0.05) is 6.07 Å². The minimum atomic E-state index is -0.118. The van der Waals surface area contributed by atoms with Crippen LogP contribution < -0.4 is 10.7 Å². The second kappa shape index (κ2) is 6.95. The summed E-state index contributed by atoms with van der Waals surface area (Å²) in [5.41, 5.74) is 4.07. The number of aromatic nitrogens is 3. The molecular formula is C16H18N6O. The van der Waals surface area contributed by atoms with Crippen LogP contribution in [0.1, 0.15) is 18.5 Å². The van der Waals surface area contributed by atoms with Crippen LogP contribution in [0.25, 0.3) is 11.5 Å². The number of nitrogens with zero attached hydrogens (tertiary/aromatic N) is 4. The van der Waals surface area contributed by atoms with Gasteiger partial charge in [-0.15, -0.1) is 0 Å². The van der Waals surface area contributed by atoms with E-state index in [9.17, 15) is 4.79 Å². The summed E-state index contributed by atoms with van der Waals surface area (Å²) in [5, 5.41) is 7.05. The molecule has 1 amide bonds. The van der Waals surface area contributed by atoms with Gasteiger partial charge in [-0.2, -0.15) is 5.10 Å². The van der Waals surface area contributed by atoms with Gasteiger partial charge < -0.3 is 5.32 Å². The number of amides is 1. The minimum Gasteiger partial charge on any atom is -0.370 e. The minimum absolute atomic E-state index is 0.0275. The molecule has 3 heterocycles. The van der Waals surface area contributed by atoms with Gasteiger partial charge in [0.2, 0.25) is 5.91 Å². The van der Waals surface area contributed by atoms with Crippen molar-refractivity contribution in [3.8, 4) is 11.5 Å². The fourth-order valence-electron chi connectivity index (χ4n) is 2.35. The monoisotopic (exact) mass is 310 g/mol. The van der Waals surface area contributed by atoms with E-state index >= 15 is 0 Å². The Balaban J connectivity index is 1.59. The summed E-state index contributed by atoms with van der Waals surface area (Å²) < 4.78 is 0. The molecule has 0 bridgehead atoms. The van der Waals surface area contributed by atoms with Crippen molar-refractivity contribution >= 4 is 17.9 Å². The average Bonchev–Trinajstić information content (AvgIpc) is 2.97. The lowest BCUT2D eigenvalue weighted by molar-refractivity contribution is -0.122. The molecule has 1 aliphatic rings. The van der Waals surface area contributed by atoms with Gasteiger partial charge in [0.25, 0.3) is 0 Å². The van der Waals surface area contributed by atoms with E-state index in [1.54, 1.807) is 12.4 Å². The first-order valence-corrected chi connectivity index (χ1v) is 7.56. The van der Waals surface area contributed by atoms with Crippen molar-refractivity contribution in [2.24, 2.45) is 11.0 Å². The zero-order chi connectivity index (χ0) is 16.1. The van der Waals surface area contributed by atoms with Gasteiger partial charge in [-0.25, -0.2) is 15.4 Å². The Morgan fingerprint density at radius 2 is 2.22 bits per heavy atom. The molecule has 23 heavy (non-hydrogen) atoms. The van der Waals surface area contributed by atoms with Crippen molar-refractivity contribution in [2.45, 2.75) is 19.8 Å². The van der Waals surface area contributed by atoms with Gasteiger partial charge in [0.05, 0.1) is 5.92 Å². The Labute approximate surface area is 134 Å². The molecule has 118 valence electrons. The first kappa shape index (κ1) is 15.1. The van der Waals surface area contributed by atoms with Gasteiger partial charge in [0, 0.05) is 30.7 Å². The summed E-state index contributed by atoms with van der Waals surface area (Å²) in [6.45, 7) is 2.66. The van der Waals surface area contributed by atoms with Crippen molar-refractivity contribution in [1.82, 2.24) is 20.4 Å². The molecule has 0 aliphatic carbocycles.